The van der Waals surface area contributed by atoms with Gasteiger partial charge in [-0.15, -0.1) is 0 Å². The molecule has 5 rings (SSSR count). The van der Waals surface area contributed by atoms with Gasteiger partial charge in [0.25, 0.3) is 0 Å². The Balaban J connectivity index is 1.78. The van der Waals surface area contributed by atoms with Crippen LogP contribution in [0.5, 0.6) is 0 Å². The van der Waals surface area contributed by atoms with E-state index in [-0.39, 0.29) is 0 Å². The fourth-order valence-electron chi connectivity index (χ4n) is 4.46. The first-order valence-electron chi connectivity index (χ1n) is 11.2. The van der Waals surface area contributed by atoms with Crippen molar-refractivity contribution in [2.45, 2.75) is 6.92 Å². The zero-order valence-electron chi connectivity index (χ0n) is 18.7. The van der Waals surface area contributed by atoms with Crippen LogP contribution in [0.1, 0.15) is 18.2 Å². The van der Waals surface area contributed by atoms with Gasteiger partial charge < -0.3 is 9.47 Å². The molecule has 0 atom stereocenters. The second kappa shape index (κ2) is 9.05. The van der Waals surface area contributed by atoms with E-state index in [1.54, 1.807) is 0 Å². The molecule has 1 heterocycles. The normalized spacial score (nSPS) is 11.2. The average molecular weight is 427 g/mol. The van der Waals surface area contributed by atoms with Crippen LogP contribution in [0.3, 0.4) is 0 Å². The van der Waals surface area contributed by atoms with Crippen molar-refractivity contribution in [1.29, 1.82) is 0 Å². The Bertz CT molecular complexity index is 1370. The quantitative estimate of drug-likeness (QED) is 0.263. The molecule has 0 spiro atoms. The van der Waals surface area contributed by atoms with Gasteiger partial charge in [-0.1, -0.05) is 73.3 Å². The van der Waals surface area contributed by atoms with Gasteiger partial charge in [0.1, 0.15) is 0 Å². The number of hydrogen-bond acceptors (Lipinski definition) is 1. The average Bonchev–Trinajstić information content (AvgIpc) is 3.18. The number of allylic oxidation sites excluding steroid dienone is 1. The molecule has 5 aromatic rings. The van der Waals surface area contributed by atoms with Crippen LogP contribution in [0.15, 0.2) is 122 Å². The molecule has 2 heteroatoms. The van der Waals surface area contributed by atoms with E-state index in [1.807, 2.05) is 6.08 Å². The lowest BCUT2D eigenvalue weighted by molar-refractivity contribution is 1.10. The molecule has 0 fully saturated rings. The predicted octanol–water partition coefficient (Wildman–Crippen LogP) is 8.78. The van der Waals surface area contributed by atoms with Gasteiger partial charge in [-0.25, -0.2) is 0 Å². The number of fused-ring (bicyclic) bond motifs is 1. The number of para-hydroxylation sites is 3. The van der Waals surface area contributed by atoms with E-state index < -0.39 is 0 Å². The van der Waals surface area contributed by atoms with Crippen molar-refractivity contribution in [1.82, 2.24) is 4.57 Å². The highest BCUT2D eigenvalue weighted by Crippen LogP contribution is 2.39. The van der Waals surface area contributed by atoms with E-state index >= 15 is 0 Å². The third-order valence-corrected chi connectivity index (χ3v) is 5.86. The summed E-state index contributed by atoms with van der Waals surface area (Å²) >= 11 is 0. The highest BCUT2D eigenvalue weighted by molar-refractivity contribution is 5.98. The first-order chi connectivity index (χ1) is 16.3. The molecule has 1 aromatic heterocycles. The van der Waals surface area contributed by atoms with Crippen molar-refractivity contribution in [2.24, 2.45) is 0 Å². The topological polar surface area (TPSA) is 8.17 Å². The summed E-state index contributed by atoms with van der Waals surface area (Å²) in [6, 6.07) is 38.2. The van der Waals surface area contributed by atoms with Crippen molar-refractivity contribution in [2.75, 3.05) is 4.90 Å². The molecule has 0 unspecified atom stereocenters. The molecule has 2 nitrogen and oxygen atoms in total. The highest BCUT2D eigenvalue weighted by Gasteiger charge is 2.18. The molecule has 0 radical (unpaired) electrons. The van der Waals surface area contributed by atoms with Crippen molar-refractivity contribution in [3.63, 3.8) is 0 Å². The largest absolute Gasteiger partial charge is 0.310 e. The number of nitrogens with zero attached hydrogens (tertiary/aromatic N) is 2. The molecule has 160 valence electrons. The van der Waals surface area contributed by atoms with Crippen LogP contribution in [-0.4, -0.2) is 4.57 Å². The molecule has 0 amide bonds. The van der Waals surface area contributed by atoms with Crippen molar-refractivity contribution in [3.05, 3.63) is 133 Å². The summed E-state index contributed by atoms with van der Waals surface area (Å²) in [5.41, 5.74) is 7.93. The van der Waals surface area contributed by atoms with Crippen LogP contribution in [0, 0.1) is 0 Å². The monoisotopic (exact) mass is 426 g/mol. The van der Waals surface area contributed by atoms with Crippen LogP contribution in [0.2, 0.25) is 0 Å². The minimum atomic E-state index is 1.11. The molecule has 33 heavy (non-hydrogen) atoms. The van der Waals surface area contributed by atoms with Crippen molar-refractivity contribution < 1.29 is 0 Å². The standard InChI is InChI=1S/C31H26N2/c1-3-14-30-28(4-2)29-23-27(21-22-31(29)33(30)26-19-12-7-13-20-26)32(24-15-8-5-9-16-24)25-17-10-6-11-18-25/h3-23H,2H2,1H3/b14-3-. The Morgan fingerprint density at radius 3 is 1.82 bits per heavy atom. The zero-order valence-corrected chi connectivity index (χ0v) is 18.7. The number of benzene rings is 4. The van der Waals surface area contributed by atoms with E-state index in [2.05, 4.69) is 144 Å². The van der Waals surface area contributed by atoms with Crippen LogP contribution in [0.25, 0.3) is 28.7 Å². The van der Waals surface area contributed by atoms with Crippen LogP contribution >= 0.6 is 0 Å². The summed E-state index contributed by atoms with van der Waals surface area (Å²) in [7, 11) is 0. The number of hydrogen-bond donors (Lipinski definition) is 0. The van der Waals surface area contributed by atoms with Gasteiger partial charge in [0.05, 0.1) is 11.2 Å². The maximum absolute atomic E-state index is 4.16. The first kappa shape index (κ1) is 20.6. The molecule has 0 N–H and O–H groups in total. The summed E-state index contributed by atoms with van der Waals surface area (Å²) in [6.45, 7) is 6.21. The predicted molar refractivity (Wildman–Crippen MR) is 143 cm³/mol. The Kier molecular flexibility index (Phi) is 5.65. The van der Waals surface area contributed by atoms with Crippen molar-refractivity contribution >= 4 is 40.1 Å². The fourth-order valence-corrected chi connectivity index (χ4v) is 4.46. The van der Waals surface area contributed by atoms with E-state index in [4.69, 9.17) is 0 Å². The number of rotatable bonds is 6. The van der Waals surface area contributed by atoms with Gasteiger partial charge in [-0.2, -0.15) is 0 Å². The molecule has 4 aromatic carbocycles. The lowest BCUT2D eigenvalue weighted by Crippen LogP contribution is -2.09. The van der Waals surface area contributed by atoms with Crippen molar-refractivity contribution in [3.8, 4) is 5.69 Å². The van der Waals surface area contributed by atoms with Gasteiger partial charge in [0.2, 0.25) is 0 Å². The summed E-state index contributed by atoms with van der Waals surface area (Å²) in [6.07, 6.45) is 6.22. The van der Waals surface area contributed by atoms with Gasteiger partial charge in [-0.05, 0) is 67.6 Å². The molecule has 0 saturated carbocycles. The Labute approximate surface area is 195 Å². The fraction of sp³-hybridized carbons (Fsp3) is 0.0323. The Hall–Kier alpha value is -4.30. The molecule has 0 aliphatic rings. The molecule has 0 aliphatic carbocycles. The van der Waals surface area contributed by atoms with E-state index in [1.165, 1.54) is 5.39 Å². The molecular weight excluding hydrogens is 400 g/mol. The Morgan fingerprint density at radius 2 is 1.27 bits per heavy atom. The third-order valence-electron chi connectivity index (χ3n) is 5.86. The smallest absolute Gasteiger partial charge is 0.0542 e. The van der Waals surface area contributed by atoms with E-state index in [0.717, 1.165) is 39.5 Å². The molecule has 0 saturated heterocycles. The van der Waals surface area contributed by atoms with E-state index in [9.17, 15) is 0 Å². The lowest BCUT2D eigenvalue weighted by atomic mass is 10.1. The van der Waals surface area contributed by atoms with Gasteiger partial charge in [0, 0.05) is 33.7 Å². The second-order valence-corrected chi connectivity index (χ2v) is 7.88. The maximum atomic E-state index is 4.16. The number of aromatic nitrogens is 1. The van der Waals surface area contributed by atoms with Crippen LogP contribution < -0.4 is 4.90 Å². The second-order valence-electron chi connectivity index (χ2n) is 7.88. The first-order valence-corrected chi connectivity index (χ1v) is 11.2. The molecule has 0 bridgehead atoms. The third kappa shape index (κ3) is 3.77. The minimum Gasteiger partial charge on any atom is -0.310 e. The van der Waals surface area contributed by atoms with E-state index in [0.29, 0.717) is 0 Å². The van der Waals surface area contributed by atoms with Gasteiger partial charge in [0.15, 0.2) is 0 Å². The molecular formula is C31H26N2. The Morgan fingerprint density at radius 1 is 0.697 bits per heavy atom. The summed E-state index contributed by atoms with van der Waals surface area (Å²) in [5.74, 6) is 0. The minimum absolute atomic E-state index is 1.11. The lowest BCUT2D eigenvalue weighted by Gasteiger charge is -2.25. The summed E-state index contributed by atoms with van der Waals surface area (Å²) in [4.78, 5) is 2.29. The van der Waals surface area contributed by atoms with Crippen LogP contribution in [-0.2, 0) is 0 Å². The zero-order chi connectivity index (χ0) is 22.6. The summed E-state index contributed by atoms with van der Waals surface area (Å²) < 4.78 is 2.31. The highest BCUT2D eigenvalue weighted by atomic mass is 15.1. The molecule has 0 aliphatic heterocycles. The SMILES string of the molecule is C=Cc1c(/C=C\C)n(-c2ccccc2)c2ccc(N(c3ccccc3)c3ccccc3)cc12. The van der Waals surface area contributed by atoms with Gasteiger partial charge >= 0.3 is 0 Å². The number of anilines is 3. The summed E-state index contributed by atoms with van der Waals surface area (Å²) in [5, 5.41) is 1.18. The van der Waals surface area contributed by atoms with Gasteiger partial charge in [-0.3, -0.25) is 0 Å². The maximum Gasteiger partial charge on any atom is 0.0542 e. The van der Waals surface area contributed by atoms with Crippen LogP contribution in [0.4, 0.5) is 17.1 Å².